The zero-order chi connectivity index (χ0) is 28.2. The van der Waals surface area contributed by atoms with Crippen LogP contribution in [0, 0.1) is 0 Å². The summed E-state index contributed by atoms with van der Waals surface area (Å²) in [5, 5.41) is 18.9. The number of benzene rings is 4. The van der Waals surface area contributed by atoms with Gasteiger partial charge in [0.05, 0.1) is 38.2 Å². The van der Waals surface area contributed by atoms with Crippen LogP contribution in [0.4, 0.5) is 0 Å². The van der Waals surface area contributed by atoms with Crippen molar-refractivity contribution in [3.8, 4) is 34.5 Å². The van der Waals surface area contributed by atoms with Crippen molar-refractivity contribution in [1.29, 1.82) is 0 Å². The average Bonchev–Trinajstić information content (AvgIpc) is 2.98. The molecule has 6 rings (SSSR count). The number of fused-ring (bicyclic) bond motifs is 2. The molecule has 0 saturated carbocycles. The first kappa shape index (κ1) is 26.6. The van der Waals surface area contributed by atoms with Gasteiger partial charge in [-0.3, -0.25) is 9.59 Å². The topological polar surface area (TPSA) is 112 Å². The van der Waals surface area contributed by atoms with Gasteiger partial charge in [0.25, 0.3) is 0 Å². The quantitative estimate of drug-likeness (QED) is 0.314. The number of carbonyl (C=O) groups excluding carboxylic acids is 2. The fourth-order valence-corrected chi connectivity index (χ4v) is 4.84. The Balaban J connectivity index is 0.000000161. The Labute approximate surface area is 231 Å². The number of aromatic hydroxyl groups is 2. The van der Waals surface area contributed by atoms with Crippen LogP contribution in [0.2, 0.25) is 0 Å². The van der Waals surface area contributed by atoms with E-state index in [2.05, 4.69) is 0 Å². The van der Waals surface area contributed by atoms with Gasteiger partial charge in [-0.2, -0.15) is 0 Å². The van der Waals surface area contributed by atoms with Crippen molar-refractivity contribution in [3.05, 3.63) is 107 Å². The van der Waals surface area contributed by atoms with Crippen molar-refractivity contribution in [3.63, 3.8) is 0 Å². The second-order valence-electron chi connectivity index (χ2n) is 9.31. The number of methoxy groups -OCH3 is 2. The van der Waals surface area contributed by atoms with Crippen molar-refractivity contribution < 1.29 is 38.7 Å². The van der Waals surface area contributed by atoms with E-state index in [1.807, 2.05) is 48.5 Å². The number of phenols is 2. The van der Waals surface area contributed by atoms with Crippen molar-refractivity contribution in [1.82, 2.24) is 0 Å². The second-order valence-corrected chi connectivity index (χ2v) is 9.31. The molecule has 2 N–H and O–H groups in total. The number of Topliss-reactive ketones (excluding diaryl/α,β-unsaturated/α-hetero) is 2. The smallest absolute Gasteiger partial charge is 0.170 e. The summed E-state index contributed by atoms with van der Waals surface area (Å²) in [5.74, 6) is 2.44. The summed E-state index contributed by atoms with van der Waals surface area (Å²) < 4.78 is 22.4. The first-order chi connectivity index (χ1) is 19.4. The lowest BCUT2D eigenvalue weighted by atomic mass is 9.95. The van der Waals surface area contributed by atoms with Gasteiger partial charge in [0.1, 0.15) is 46.7 Å². The van der Waals surface area contributed by atoms with E-state index in [0.29, 0.717) is 34.1 Å². The zero-order valence-electron chi connectivity index (χ0n) is 22.0. The normalized spacial score (nSPS) is 17.2. The van der Waals surface area contributed by atoms with Crippen molar-refractivity contribution >= 4 is 11.6 Å². The maximum atomic E-state index is 12.2. The molecule has 0 fully saturated rings. The number of phenolic OH excluding ortho intramolecular Hbond substituents is 2. The van der Waals surface area contributed by atoms with Gasteiger partial charge in [-0.25, -0.2) is 0 Å². The van der Waals surface area contributed by atoms with Crippen molar-refractivity contribution in [2.24, 2.45) is 0 Å². The molecule has 0 radical (unpaired) electrons. The minimum atomic E-state index is -0.365. The maximum Gasteiger partial charge on any atom is 0.170 e. The van der Waals surface area contributed by atoms with Gasteiger partial charge in [0.15, 0.2) is 11.6 Å². The fourth-order valence-electron chi connectivity index (χ4n) is 4.84. The fraction of sp³-hybridized carbons (Fsp3) is 0.188. The van der Waals surface area contributed by atoms with Crippen LogP contribution in [-0.4, -0.2) is 36.0 Å². The standard InChI is InChI=1S/2C16H14O4/c2*1-19-14-5-3-2-4-11(14)16-9-13(18)12-8-10(17)6-7-15(12)20-16/h2*2-8,16-17H,9H2,1H3. The molecule has 0 bridgehead atoms. The molecule has 8 heteroatoms. The van der Waals surface area contributed by atoms with Crippen LogP contribution in [0.3, 0.4) is 0 Å². The van der Waals surface area contributed by atoms with E-state index >= 15 is 0 Å². The number of para-hydroxylation sites is 2. The summed E-state index contributed by atoms with van der Waals surface area (Å²) in [6.07, 6.45) is -0.264. The van der Waals surface area contributed by atoms with Gasteiger partial charge in [-0.1, -0.05) is 36.4 Å². The molecule has 4 aromatic rings. The van der Waals surface area contributed by atoms with Gasteiger partial charge in [0, 0.05) is 11.1 Å². The van der Waals surface area contributed by atoms with Crippen LogP contribution >= 0.6 is 0 Å². The van der Waals surface area contributed by atoms with Gasteiger partial charge in [-0.05, 0) is 48.5 Å². The lowest BCUT2D eigenvalue weighted by molar-refractivity contribution is 0.0836. The van der Waals surface area contributed by atoms with Crippen molar-refractivity contribution in [2.75, 3.05) is 14.2 Å². The minimum absolute atomic E-state index is 0.0435. The van der Waals surface area contributed by atoms with Gasteiger partial charge in [0.2, 0.25) is 0 Å². The average molecular weight is 541 g/mol. The summed E-state index contributed by atoms with van der Waals surface area (Å²) in [6, 6.07) is 24.1. The highest BCUT2D eigenvalue weighted by Gasteiger charge is 2.30. The Morgan fingerprint density at radius 1 is 0.625 bits per heavy atom. The number of carbonyl (C=O) groups is 2. The third-order valence-corrected chi connectivity index (χ3v) is 6.78. The first-order valence-corrected chi connectivity index (χ1v) is 12.7. The van der Waals surface area contributed by atoms with Gasteiger partial charge in [-0.15, -0.1) is 0 Å². The molecule has 2 unspecified atom stereocenters. The van der Waals surface area contributed by atoms with E-state index in [1.165, 1.54) is 24.3 Å². The van der Waals surface area contributed by atoms with Gasteiger partial charge >= 0.3 is 0 Å². The molecule has 2 atom stereocenters. The Kier molecular flexibility index (Phi) is 7.59. The summed E-state index contributed by atoms with van der Waals surface area (Å²) in [6.45, 7) is 0. The Morgan fingerprint density at radius 2 is 1.02 bits per heavy atom. The summed E-state index contributed by atoms with van der Waals surface area (Å²) in [7, 11) is 3.19. The van der Waals surface area contributed by atoms with E-state index in [-0.39, 0.29) is 48.1 Å². The molecule has 40 heavy (non-hydrogen) atoms. The first-order valence-electron chi connectivity index (χ1n) is 12.7. The van der Waals surface area contributed by atoms with Crippen LogP contribution in [0.5, 0.6) is 34.5 Å². The maximum absolute atomic E-state index is 12.2. The molecule has 0 saturated heterocycles. The van der Waals surface area contributed by atoms with E-state index < -0.39 is 0 Å². The molecule has 2 aliphatic heterocycles. The highest BCUT2D eigenvalue weighted by Crippen LogP contribution is 2.40. The van der Waals surface area contributed by atoms with E-state index in [1.54, 1.807) is 26.4 Å². The minimum Gasteiger partial charge on any atom is -0.508 e. The number of hydrogen-bond acceptors (Lipinski definition) is 8. The highest BCUT2D eigenvalue weighted by atomic mass is 16.5. The predicted molar refractivity (Wildman–Crippen MR) is 147 cm³/mol. The molecule has 204 valence electrons. The lowest BCUT2D eigenvalue weighted by Gasteiger charge is -2.26. The van der Waals surface area contributed by atoms with E-state index in [9.17, 15) is 19.8 Å². The van der Waals surface area contributed by atoms with E-state index in [4.69, 9.17) is 18.9 Å². The molecule has 4 aromatic carbocycles. The summed E-state index contributed by atoms with van der Waals surface area (Å²) >= 11 is 0. The number of ether oxygens (including phenoxy) is 4. The Morgan fingerprint density at radius 3 is 1.43 bits per heavy atom. The Hall–Kier alpha value is -4.98. The third kappa shape index (κ3) is 5.42. The molecule has 0 amide bonds. The zero-order valence-corrected chi connectivity index (χ0v) is 22.0. The largest absolute Gasteiger partial charge is 0.508 e. The molecular formula is C32H28O8. The Bertz CT molecular complexity index is 1440. The molecule has 2 heterocycles. The molecular weight excluding hydrogens is 512 g/mol. The van der Waals surface area contributed by atoms with E-state index in [0.717, 1.165) is 11.1 Å². The van der Waals surface area contributed by atoms with Crippen LogP contribution in [0.15, 0.2) is 84.9 Å². The number of hydrogen-bond donors (Lipinski definition) is 2. The van der Waals surface area contributed by atoms with Crippen LogP contribution < -0.4 is 18.9 Å². The highest BCUT2D eigenvalue weighted by molar-refractivity contribution is 6.01. The monoisotopic (exact) mass is 540 g/mol. The van der Waals surface area contributed by atoms with Crippen LogP contribution in [0.1, 0.15) is 56.9 Å². The molecule has 2 aliphatic rings. The predicted octanol–water partition coefficient (Wildman–Crippen LogP) is 6.21. The van der Waals surface area contributed by atoms with Crippen LogP contribution in [-0.2, 0) is 0 Å². The SMILES string of the molecule is COc1ccccc1C1CC(=O)c2cc(O)ccc2O1.COc1ccccc1C1CC(=O)c2cc(O)ccc2O1. The molecule has 0 spiro atoms. The lowest BCUT2D eigenvalue weighted by Crippen LogP contribution is -2.20. The number of ketones is 2. The second kappa shape index (κ2) is 11.4. The van der Waals surface area contributed by atoms with Crippen molar-refractivity contribution in [2.45, 2.75) is 25.0 Å². The van der Waals surface area contributed by atoms with Crippen LogP contribution in [0.25, 0.3) is 0 Å². The molecule has 0 aromatic heterocycles. The third-order valence-electron chi connectivity index (χ3n) is 6.78. The summed E-state index contributed by atoms with van der Waals surface area (Å²) in [5.41, 5.74) is 2.55. The molecule has 8 nitrogen and oxygen atoms in total. The van der Waals surface area contributed by atoms with Gasteiger partial charge < -0.3 is 29.2 Å². The summed E-state index contributed by atoms with van der Waals surface area (Å²) in [4.78, 5) is 24.4. The molecule has 0 aliphatic carbocycles. The number of rotatable bonds is 4.